The second-order valence-corrected chi connectivity index (χ2v) is 7.72. The largest absolute Gasteiger partial charge is 0.457 e. The number of furan rings is 1. The summed E-state index contributed by atoms with van der Waals surface area (Å²) in [4.78, 5) is 24.7. The molecule has 0 unspecified atom stereocenters. The number of carbonyl (C=O) groups is 2. The molecule has 4 rings (SSSR count). The van der Waals surface area contributed by atoms with E-state index in [-0.39, 0.29) is 11.7 Å². The fourth-order valence-corrected chi connectivity index (χ4v) is 3.24. The predicted molar refractivity (Wildman–Crippen MR) is 126 cm³/mol. The molecule has 4 aromatic rings. The number of rotatable bonds is 6. The zero-order chi connectivity index (χ0) is 21.6. The fourth-order valence-electron chi connectivity index (χ4n) is 2.98. The van der Waals surface area contributed by atoms with E-state index in [9.17, 15) is 9.59 Å². The number of nitrogens with one attached hydrogen (secondary N) is 1. The Morgan fingerprint density at radius 1 is 0.774 bits per heavy atom. The smallest absolute Gasteiger partial charge is 0.255 e. The molecule has 0 spiro atoms. The molecule has 0 aliphatic heterocycles. The van der Waals surface area contributed by atoms with Crippen molar-refractivity contribution in [1.29, 1.82) is 0 Å². The normalized spacial score (nSPS) is 10.9. The van der Waals surface area contributed by atoms with Crippen LogP contribution in [0.25, 0.3) is 17.4 Å². The van der Waals surface area contributed by atoms with E-state index < -0.39 is 0 Å². The van der Waals surface area contributed by atoms with Crippen LogP contribution in [-0.2, 0) is 0 Å². The summed E-state index contributed by atoms with van der Waals surface area (Å²) in [6.07, 6.45) is 3.12. The number of ketones is 1. The number of anilines is 1. The SMILES string of the molecule is O=C(/C=C/c1ccc(-c2ccc(Br)cc2)o1)c1ccc(NC(=O)c2ccccc2)cc1. The van der Waals surface area contributed by atoms with Gasteiger partial charge in [-0.1, -0.05) is 46.3 Å². The Kier molecular flexibility index (Phi) is 6.24. The summed E-state index contributed by atoms with van der Waals surface area (Å²) >= 11 is 3.41. The van der Waals surface area contributed by atoms with Crippen molar-refractivity contribution >= 4 is 39.4 Å². The minimum absolute atomic E-state index is 0.150. The first-order valence-corrected chi connectivity index (χ1v) is 10.4. The Bertz CT molecular complexity index is 1220. The zero-order valence-electron chi connectivity index (χ0n) is 16.4. The first-order valence-electron chi connectivity index (χ1n) is 9.63. The average Bonchev–Trinajstić information content (AvgIpc) is 3.28. The lowest BCUT2D eigenvalue weighted by atomic mass is 10.1. The number of hydrogen-bond donors (Lipinski definition) is 1. The molecule has 5 heteroatoms. The van der Waals surface area contributed by atoms with Crippen LogP contribution in [0.3, 0.4) is 0 Å². The number of amides is 1. The van der Waals surface area contributed by atoms with Gasteiger partial charge in [0.15, 0.2) is 5.78 Å². The number of halogens is 1. The Hall–Kier alpha value is -3.70. The fraction of sp³-hybridized carbons (Fsp3) is 0. The first kappa shape index (κ1) is 20.6. The molecule has 0 saturated heterocycles. The maximum Gasteiger partial charge on any atom is 0.255 e. The van der Waals surface area contributed by atoms with Crippen LogP contribution < -0.4 is 5.32 Å². The second kappa shape index (κ2) is 9.41. The molecule has 0 bridgehead atoms. The van der Waals surface area contributed by atoms with E-state index >= 15 is 0 Å². The van der Waals surface area contributed by atoms with Crippen LogP contribution in [0.2, 0.25) is 0 Å². The van der Waals surface area contributed by atoms with Crippen molar-refractivity contribution in [3.63, 3.8) is 0 Å². The van der Waals surface area contributed by atoms with Gasteiger partial charge in [0.2, 0.25) is 0 Å². The summed E-state index contributed by atoms with van der Waals surface area (Å²) in [7, 11) is 0. The average molecular weight is 472 g/mol. The lowest BCUT2D eigenvalue weighted by Crippen LogP contribution is -2.11. The highest BCUT2D eigenvalue weighted by atomic mass is 79.9. The molecule has 1 amide bonds. The Morgan fingerprint density at radius 2 is 1.48 bits per heavy atom. The van der Waals surface area contributed by atoms with Gasteiger partial charge in [-0.05, 0) is 72.8 Å². The molecule has 31 heavy (non-hydrogen) atoms. The quantitative estimate of drug-likeness (QED) is 0.247. The first-order chi connectivity index (χ1) is 15.1. The second-order valence-electron chi connectivity index (χ2n) is 6.80. The van der Waals surface area contributed by atoms with Crippen molar-refractivity contribution in [2.24, 2.45) is 0 Å². The highest BCUT2D eigenvalue weighted by Crippen LogP contribution is 2.24. The van der Waals surface area contributed by atoms with E-state index in [1.807, 2.05) is 54.6 Å². The third-order valence-electron chi connectivity index (χ3n) is 4.62. The number of hydrogen-bond acceptors (Lipinski definition) is 3. The van der Waals surface area contributed by atoms with E-state index in [0.29, 0.717) is 22.6 Å². The Morgan fingerprint density at radius 3 is 2.19 bits per heavy atom. The molecular formula is C26H18BrNO3. The molecule has 152 valence electrons. The van der Waals surface area contributed by atoms with Gasteiger partial charge in [-0.25, -0.2) is 0 Å². The summed E-state index contributed by atoms with van der Waals surface area (Å²) in [5.41, 5.74) is 2.68. The van der Waals surface area contributed by atoms with E-state index in [2.05, 4.69) is 21.2 Å². The van der Waals surface area contributed by atoms with Gasteiger partial charge in [-0.3, -0.25) is 9.59 Å². The van der Waals surface area contributed by atoms with Crippen LogP contribution in [0.4, 0.5) is 5.69 Å². The molecule has 0 fully saturated rings. The Labute approximate surface area is 188 Å². The molecule has 1 N–H and O–H groups in total. The molecular weight excluding hydrogens is 454 g/mol. The van der Waals surface area contributed by atoms with E-state index in [1.165, 1.54) is 6.08 Å². The molecule has 3 aromatic carbocycles. The lowest BCUT2D eigenvalue weighted by molar-refractivity contribution is 0.102. The number of allylic oxidation sites excluding steroid dienone is 1. The number of benzene rings is 3. The highest BCUT2D eigenvalue weighted by molar-refractivity contribution is 9.10. The maximum absolute atomic E-state index is 12.5. The third kappa shape index (κ3) is 5.27. The Balaban J connectivity index is 1.39. The van der Waals surface area contributed by atoms with Gasteiger partial charge in [0.1, 0.15) is 11.5 Å². The highest BCUT2D eigenvalue weighted by Gasteiger charge is 2.07. The summed E-state index contributed by atoms with van der Waals surface area (Å²) in [6, 6.07) is 27.3. The summed E-state index contributed by atoms with van der Waals surface area (Å²) in [6.45, 7) is 0. The molecule has 1 aromatic heterocycles. The zero-order valence-corrected chi connectivity index (χ0v) is 18.0. The van der Waals surface area contributed by atoms with Crippen LogP contribution in [-0.4, -0.2) is 11.7 Å². The van der Waals surface area contributed by atoms with Gasteiger partial charge in [-0.2, -0.15) is 0 Å². The van der Waals surface area contributed by atoms with Crippen LogP contribution in [0.15, 0.2) is 106 Å². The lowest BCUT2D eigenvalue weighted by Gasteiger charge is -2.05. The van der Waals surface area contributed by atoms with E-state index in [0.717, 1.165) is 15.8 Å². The molecule has 0 radical (unpaired) electrons. The van der Waals surface area contributed by atoms with Crippen molar-refractivity contribution in [3.8, 4) is 11.3 Å². The minimum Gasteiger partial charge on any atom is -0.457 e. The summed E-state index contributed by atoms with van der Waals surface area (Å²) in [5, 5.41) is 2.82. The van der Waals surface area contributed by atoms with Crippen molar-refractivity contribution in [2.75, 3.05) is 5.32 Å². The molecule has 0 atom stereocenters. The van der Waals surface area contributed by atoms with Crippen LogP contribution in [0.5, 0.6) is 0 Å². The summed E-state index contributed by atoms with van der Waals surface area (Å²) < 4.78 is 6.80. The molecule has 0 saturated carbocycles. The van der Waals surface area contributed by atoms with Crippen molar-refractivity contribution in [1.82, 2.24) is 0 Å². The standard InChI is InChI=1S/C26H18BrNO3/c27-21-10-6-19(7-11-21)25-17-15-23(31-25)14-16-24(29)18-8-12-22(13-9-18)28-26(30)20-4-2-1-3-5-20/h1-17H,(H,28,30)/b16-14+. The molecule has 1 heterocycles. The van der Waals surface area contributed by atoms with Crippen LogP contribution >= 0.6 is 15.9 Å². The van der Waals surface area contributed by atoms with Gasteiger partial charge in [0.05, 0.1) is 0 Å². The topological polar surface area (TPSA) is 59.3 Å². The molecule has 4 nitrogen and oxygen atoms in total. The monoisotopic (exact) mass is 471 g/mol. The van der Waals surface area contributed by atoms with Crippen LogP contribution in [0.1, 0.15) is 26.5 Å². The molecule has 0 aliphatic rings. The minimum atomic E-state index is -0.195. The van der Waals surface area contributed by atoms with Crippen molar-refractivity contribution in [2.45, 2.75) is 0 Å². The third-order valence-corrected chi connectivity index (χ3v) is 5.15. The van der Waals surface area contributed by atoms with Crippen molar-refractivity contribution in [3.05, 3.63) is 118 Å². The van der Waals surface area contributed by atoms with Crippen molar-refractivity contribution < 1.29 is 14.0 Å². The van der Waals surface area contributed by atoms with Gasteiger partial charge >= 0.3 is 0 Å². The van der Waals surface area contributed by atoms with Crippen LogP contribution in [0, 0.1) is 0 Å². The van der Waals surface area contributed by atoms with E-state index in [4.69, 9.17) is 4.42 Å². The predicted octanol–water partition coefficient (Wildman–Crippen LogP) is 6.86. The molecule has 0 aliphatic carbocycles. The summed E-state index contributed by atoms with van der Waals surface area (Å²) in [5.74, 6) is 0.984. The number of carbonyl (C=O) groups excluding carboxylic acids is 2. The van der Waals surface area contributed by atoms with Gasteiger partial charge < -0.3 is 9.73 Å². The van der Waals surface area contributed by atoms with Gasteiger partial charge in [-0.15, -0.1) is 0 Å². The maximum atomic E-state index is 12.5. The van der Waals surface area contributed by atoms with Gasteiger partial charge in [0, 0.05) is 26.9 Å². The van der Waals surface area contributed by atoms with E-state index in [1.54, 1.807) is 42.5 Å². The van der Waals surface area contributed by atoms with Gasteiger partial charge in [0.25, 0.3) is 5.91 Å².